The fourth-order valence-electron chi connectivity index (χ4n) is 2.40. The number of nitrogens with two attached hydrogens (primary N) is 1. The second-order valence-corrected chi connectivity index (χ2v) is 5.02. The van der Waals surface area contributed by atoms with Gasteiger partial charge in [-0.3, -0.25) is 4.79 Å². The highest BCUT2D eigenvalue weighted by molar-refractivity contribution is 5.83. The minimum atomic E-state index is -0.360. The molecule has 1 aromatic heterocycles. The molecule has 1 saturated heterocycles. The molecule has 1 amide bonds. The Bertz CT molecular complexity index is 476. The van der Waals surface area contributed by atoms with E-state index in [1.54, 1.807) is 7.05 Å². The van der Waals surface area contributed by atoms with Crippen LogP contribution in [0.15, 0.2) is 6.33 Å². The molecule has 0 spiro atoms. The van der Waals surface area contributed by atoms with Crippen molar-refractivity contribution in [1.29, 1.82) is 0 Å². The first-order valence-corrected chi connectivity index (χ1v) is 6.02. The van der Waals surface area contributed by atoms with Crippen molar-refractivity contribution in [2.24, 2.45) is 5.41 Å². The van der Waals surface area contributed by atoms with Crippen molar-refractivity contribution in [2.45, 2.75) is 20.3 Å². The summed E-state index contributed by atoms with van der Waals surface area (Å²) in [6, 6.07) is 0. The zero-order valence-electron chi connectivity index (χ0n) is 11.0. The molecule has 2 rings (SSSR count). The first-order chi connectivity index (χ1) is 8.48. The Morgan fingerprint density at radius 2 is 2.28 bits per heavy atom. The number of amides is 1. The van der Waals surface area contributed by atoms with Crippen molar-refractivity contribution >= 4 is 17.5 Å². The Hall–Kier alpha value is -1.85. The first-order valence-electron chi connectivity index (χ1n) is 6.02. The molecule has 6 nitrogen and oxygen atoms in total. The number of carbonyl (C=O) groups is 1. The summed E-state index contributed by atoms with van der Waals surface area (Å²) in [5.41, 5.74) is 6.30. The number of rotatable bonds is 2. The van der Waals surface area contributed by atoms with Crippen LogP contribution in [-0.4, -0.2) is 36.0 Å². The molecule has 1 aliphatic rings. The minimum absolute atomic E-state index is 0.0738. The molecule has 6 heteroatoms. The topological polar surface area (TPSA) is 84.1 Å². The van der Waals surface area contributed by atoms with Crippen LogP contribution in [0, 0.1) is 12.3 Å². The van der Waals surface area contributed by atoms with Gasteiger partial charge in [0.2, 0.25) is 5.91 Å². The van der Waals surface area contributed by atoms with Crippen LogP contribution in [0.5, 0.6) is 0 Å². The average Bonchev–Trinajstić information content (AvgIpc) is 2.75. The second-order valence-electron chi connectivity index (χ2n) is 5.02. The largest absolute Gasteiger partial charge is 0.383 e. The molecule has 0 saturated carbocycles. The normalized spacial score (nSPS) is 23.2. The third-order valence-electron chi connectivity index (χ3n) is 3.64. The van der Waals surface area contributed by atoms with Crippen molar-refractivity contribution in [3.63, 3.8) is 0 Å². The number of nitrogens with zero attached hydrogens (tertiary/aromatic N) is 3. The molecule has 1 fully saturated rings. The highest BCUT2D eigenvalue weighted by Gasteiger charge is 2.40. The summed E-state index contributed by atoms with van der Waals surface area (Å²) in [7, 11) is 1.67. The summed E-state index contributed by atoms with van der Waals surface area (Å²) in [5.74, 6) is 1.40. The zero-order chi connectivity index (χ0) is 13.3. The van der Waals surface area contributed by atoms with E-state index in [4.69, 9.17) is 5.73 Å². The molecule has 1 aliphatic heterocycles. The quantitative estimate of drug-likeness (QED) is 0.789. The molecule has 0 bridgehead atoms. The van der Waals surface area contributed by atoms with Gasteiger partial charge in [0.15, 0.2) is 0 Å². The Balaban J connectivity index is 2.23. The van der Waals surface area contributed by atoms with Gasteiger partial charge < -0.3 is 16.0 Å². The lowest BCUT2D eigenvalue weighted by atomic mass is 9.89. The molecular weight excluding hydrogens is 230 g/mol. The Morgan fingerprint density at radius 3 is 2.94 bits per heavy atom. The fraction of sp³-hybridized carbons (Fsp3) is 0.583. The van der Waals surface area contributed by atoms with Crippen LogP contribution in [0.4, 0.5) is 11.6 Å². The first kappa shape index (κ1) is 12.6. The molecule has 0 aromatic carbocycles. The number of nitrogen functional groups attached to an aromatic ring is 1. The van der Waals surface area contributed by atoms with E-state index in [1.807, 2.05) is 13.8 Å². The molecule has 1 atom stereocenters. The van der Waals surface area contributed by atoms with Gasteiger partial charge in [-0.1, -0.05) is 0 Å². The van der Waals surface area contributed by atoms with Crippen molar-refractivity contribution in [3.8, 4) is 0 Å². The maximum Gasteiger partial charge on any atom is 0.227 e. The summed E-state index contributed by atoms with van der Waals surface area (Å²) >= 11 is 0. The third-order valence-corrected chi connectivity index (χ3v) is 3.64. The Kier molecular flexibility index (Phi) is 3.11. The van der Waals surface area contributed by atoms with E-state index >= 15 is 0 Å². The van der Waals surface area contributed by atoms with E-state index in [0.29, 0.717) is 12.4 Å². The van der Waals surface area contributed by atoms with Gasteiger partial charge in [0.05, 0.1) is 5.41 Å². The van der Waals surface area contributed by atoms with Gasteiger partial charge in [-0.05, 0) is 20.3 Å². The lowest BCUT2D eigenvalue weighted by Gasteiger charge is -2.24. The lowest BCUT2D eigenvalue weighted by Crippen LogP contribution is -2.39. The molecule has 98 valence electrons. The maximum atomic E-state index is 11.9. The molecule has 0 radical (unpaired) electrons. The average molecular weight is 249 g/mol. The van der Waals surface area contributed by atoms with Crippen LogP contribution >= 0.6 is 0 Å². The van der Waals surface area contributed by atoms with E-state index in [1.165, 1.54) is 6.33 Å². The summed E-state index contributed by atoms with van der Waals surface area (Å²) in [6.07, 6.45) is 2.28. The fourth-order valence-corrected chi connectivity index (χ4v) is 2.40. The van der Waals surface area contributed by atoms with Gasteiger partial charge in [0.1, 0.15) is 18.0 Å². The van der Waals surface area contributed by atoms with Crippen molar-refractivity contribution in [2.75, 3.05) is 30.8 Å². The smallest absolute Gasteiger partial charge is 0.227 e. The van der Waals surface area contributed by atoms with E-state index in [0.717, 1.165) is 24.3 Å². The monoisotopic (exact) mass is 249 g/mol. The molecule has 1 aromatic rings. The molecular formula is C12H19N5O. The van der Waals surface area contributed by atoms with Crippen LogP contribution in [0.2, 0.25) is 0 Å². The summed E-state index contributed by atoms with van der Waals surface area (Å²) in [5, 5.41) is 2.72. The summed E-state index contributed by atoms with van der Waals surface area (Å²) < 4.78 is 0. The molecule has 1 unspecified atom stereocenters. The van der Waals surface area contributed by atoms with Gasteiger partial charge in [-0.2, -0.15) is 0 Å². The highest BCUT2D eigenvalue weighted by atomic mass is 16.2. The summed E-state index contributed by atoms with van der Waals surface area (Å²) in [6.45, 7) is 5.34. The minimum Gasteiger partial charge on any atom is -0.383 e. The number of hydrogen-bond acceptors (Lipinski definition) is 5. The van der Waals surface area contributed by atoms with Crippen molar-refractivity contribution in [3.05, 3.63) is 11.9 Å². The van der Waals surface area contributed by atoms with Crippen molar-refractivity contribution in [1.82, 2.24) is 15.3 Å². The number of aromatic nitrogens is 2. The number of carbonyl (C=O) groups excluding carboxylic acids is 1. The van der Waals surface area contributed by atoms with Gasteiger partial charge in [0, 0.05) is 25.7 Å². The Morgan fingerprint density at radius 1 is 1.56 bits per heavy atom. The molecule has 2 heterocycles. The SMILES string of the molecule is CNC(=O)C1(C)CCN(c2ncnc(N)c2C)C1. The van der Waals surface area contributed by atoms with Crippen LogP contribution in [0.25, 0.3) is 0 Å². The van der Waals surface area contributed by atoms with Crippen LogP contribution < -0.4 is 16.0 Å². The van der Waals surface area contributed by atoms with Crippen LogP contribution in [0.1, 0.15) is 18.9 Å². The second kappa shape index (κ2) is 4.44. The summed E-state index contributed by atoms with van der Waals surface area (Å²) in [4.78, 5) is 22.2. The number of hydrogen-bond donors (Lipinski definition) is 2. The molecule has 3 N–H and O–H groups in total. The van der Waals surface area contributed by atoms with Crippen LogP contribution in [-0.2, 0) is 4.79 Å². The van der Waals surface area contributed by atoms with E-state index in [-0.39, 0.29) is 11.3 Å². The zero-order valence-corrected chi connectivity index (χ0v) is 11.0. The standard InChI is InChI=1S/C12H19N5O/c1-8-9(13)15-7-16-10(8)17-5-4-12(2,6-17)11(18)14-3/h7H,4-6H2,1-3H3,(H,14,18)(H2,13,15,16). The van der Waals surface area contributed by atoms with Crippen molar-refractivity contribution < 1.29 is 4.79 Å². The predicted octanol–water partition coefficient (Wildman–Crippen LogP) is 0.330. The predicted molar refractivity (Wildman–Crippen MR) is 70.2 cm³/mol. The van der Waals surface area contributed by atoms with Gasteiger partial charge >= 0.3 is 0 Å². The van der Waals surface area contributed by atoms with Crippen LogP contribution in [0.3, 0.4) is 0 Å². The Labute approximate surface area is 107 Å². The van der Waals surface area contributed by atoms with Gasteiger partial charge in [-0.25, -0.2) is 9.97 Å². The van der Waals surface area contributed by atoms with E-state index < -0.39 is 0 Å². The van der Waals surface area contributed by atoms with Gasteiger partial charge in [0.25, 0.3) is 0 Å². The number of anilines is 2. The molecule has 0 aliphatic carbocycles. The number of nitrogens with one attached hydrogen (secondary N) is 1. The van der Waals surface area contributed by atoms with Gasteiger partial charge in [-0.15, -0.1) is 0 Å². The molecule has 18 heavy (non-hydrogen) atoms. The van der Waals surface area contributed by atoms with E-state index in [9.17, 15) is 4.79 Å². The highest BCUT2D eigenvalue weighted by Crippen LogP contribution is 2.34. The third kappa shape index (κ3) is 1.98. The lowest BCUT2D eigenvalue weighted by molar-refractivity contribution is -0.128. The maximum absolute atomic E-state index is 11.9. The van der Waals surface area contributed by atoms with E-state index in [2.05, 4.69) is 20.2 Å².